The molecule has 0 aliphatic rings. The second-order valence-corrected chi connectivity index (χ2v) is 6.13. The monoisotopic (exact) mass is 305 g/mol. The van der Waals surface area contributed by atoms with Crippen molar-refractivity contribution in [2.45, 2.75) is 33.1 Å². The summed E-state index contributed by atoms with van der Waals surface area (Å²) < 4.78 is 5.25. The number of benzene rings is 2. The van der Waals surface area contributed by atoms with Gasteiger partial charge in [-0.1, -0.05) is 32.9 Å². The lowest BCUT2D eigenvalue weighted by atomic mass is 10.0. The Bertz CT molecular complexity index is 898. The zero-order chi connectivity index (χ0) is 16.2. The summed E-state index contributed by atoms with van der Waals surface area (Å²) in [5.41, 5.74) is 4.96. The molecule has 0 radical (unpaired) electrons. The Labute approximate surface area is 137 Å². The van der Waals surface area contributed by atoms with E-state index in [0.29, 0.717) is 5.92 Å². The van der Waals surface area contributed by atoms with Crippen LogP contribution in [0.5, 0.6) is 0 Å². The highest BCUT2D eigenvalue weighted by Crippen LogP contribution is 2.21. The van der Waals surface area contributed by atoms with Gasteiger partial charge in [0.1, 0.15) is 5.58 Å². The number of furan rings is 1. The summed E-state index contributed by atoms with van der Waals surface area (Å²) in [5, 5.41) is 2.51. The fraction of sp³-hybridized carbons (Fsp3) is 0.238. The molecular formula is C21H23NO. The molecule has 2 heteroatoms. The molecule has 0 aliphatic heterocycles. The number of fused-ring (bicyclic) bond motifs is 2. The van der Waals surface area contributed by atoms with Crippen molar-refractivity contribution in [1.29, 1.82) is 0 Å². The topological polar surface area (TPSA) is 28.9 Å². The largest absolute Gasteiger partial charge is 0.464 e. The quantitative estimate of drug-likeness (QED) is 0.463. The lowest BCUT2D eigenvalue weighted by Gasteiger charge is -2.03. The smallest absolute Gasteiger partial charge is 0.133 e. The van der Waals surface area contributed by atoms with Crippen LogP contribution < -0.4 is 0 Å². The molecule has 0 amide bonds. The van der Waals surface area contributed by atoms with E-state index in [0.717, 1.165) is 12.0 Å². The van der Waals surface area contributed by atoms with Crippen LogP contribution in [0.1, 0.15) is 37.8 Å². The molecule has 0 saturated heterocycles. The fourth-order valence-electron chi connectivity index (χ4n) is 2.67. The SMILES string of the molecule is CC(C)c1ccc2occc2c1.CCc1ccc2[nH]ccc2c1. The molecule has 4 aromatic rings. The summed E-state index contributed by atoms with van der Waals surface area (Å²) in [5.74, 6) is 0.587. The average Bonchev–Trinajstić information content (AvgIpc) is 3.22. The first-order valence-electron chi connectivity index (χ1n) is 8.20. The molecule has 2 nitrogen and oxygen atoms in total. The van der Waals surface area contributed by atoms with E-state index in [1.807, 2.05) is 18.3 Å². The first-order valence-corrected chi connectivity index (χ1v) is 8.20. The lowest BCUT2D eigenvalue weighted by molar-refractivity contribution is 0.615. The average molecular weight is 305 g/mol. The van der Waals surface area contributed by atoms with Gasteiger partial charge in [-0.25, -0.2) is 0 Å². The van der Waals surface area contributed by atoms with Crippen molar-refractivity contribution in [3.8, 4) is 0 Å². The number of rotatable bonds is 2. The summed E-state index contributed by atoms with van der Waals surface area (Å²) in [6, 6.07) is 17.0. The molecular weight excluding hydrogens is 282 g/mol. The zero-order valence-electron chi connectivity index (χ0n) is 14.0. The number of H-pyrrole nitrogens is 1. The van der Waals surface area contributed by atoms with Gasteiger partial charge in [0.2, 0.25) is 0 Å². The molecule has 4 rings (SSSR count). The minimum Gasteiger partial charge on any atom is -0.464 e. The van der Waals surface area contributed by atoms with Gasteiger partial charge in [-0.3, -0.25) is 0 Å². The van der Waals surface area contributed by atoms with E-state index in [1.54, 1.807) is 6.26 Å². The minimum atomic E-state index is 0.587. The van der Waals surface area contributed by atoms with Gasteiger partial charge in [0, 0.05) is 17.1 Å². The maximum atomic E-state index is 5.25. The summed E-state index contributed by atoms with van der Waals surface area (Å²) in [6.07, 6.45) is 4.82. The third-order valence-corrected chi connectivity index (χ3v) is 4.17. The summed E-state index contributed by atoms with van der Waals surface area (Å²) in [4.78, 5) is 3.17. The highest BCUT2D eigenvalue weighted by Gasteiger charge is 2.01. The molecule has 0 spiro atoms. The van der Waals surface area contributed by atoms with Gasteiger partial charge < -0.3 is 9.40 Å². The lowest BCUT2D eigenvalue weighted by Crippen LogP contribution is -1.84. The molecule has 0 bridgehead atoms. The van der Waals surface area contributed by atoms with Crippen LogP contribution in [-0.4, -0.2) is 4.98 Å². The molecule has 2 heterocycles. The van der Waals surface area contributed by atoms with Gasteiger partial charge in [-0.15, -0.1) is 0 Å². The molecule has 1 N–H and O–H groups in total. The van der Waals surface area contributed by atoms with E-state index < -0.39 is 0 Å². The summed E-state index contributed by atoms with van der Waals surface area (Å²) in [6.45, 7) is 6.57. The van der Waals surface area contributed by atoms with Gasteiger partial charge in [-0.05, 0) is 65.3 Å². The molecule has 0 unspecified atom stereocenters. The van der Waals surface area contributed by atoms with Gasteiger partial charge in [0.15, 0.2) is 0 Å². The molecule has 2 aromatic carbocycles. The number of aryl methyl sites for hydroxylation is 1. The predicted molar refractivity (Wildman–Crippen MR) is 98.0 cm³/mol. The third-order valence-electron chi connectivity index (χ3n) is 4.17. The Hall–Kier alpha value is -2.48. The summed E-state index contributed by atoms with van der Waals surface area (Å²) >= 11 is 0. The predicted octanol–water partition coefficient (Wildman–Crippen LogP) is 6.29. The van der Waals surface area contributed by atoms with Crippen molar-refractivity contribution in [1.82, 2.24) is 4.98 Å². The van der Waals surface area contributed by atoms with Crippen LogP contribution in [0.3, 0.4) is 0 Å². The van der Waals surface area contributed by atoms with Crippen LogP contribution in [0, 0.1) is 0 Å². The third kappa shape index (κ3) is 3.48. The molecule has 0 aliphatic carbocycles. The minimum absolute atomic E-state index is 0.587. The van der Waals surface area contributed by atoms with Crippen molar-refractivity contribution < 1.29 is 4.42 Å². The molecule has 0 saturated carbocycles. The van der Waals surface area contributed by atoms with Crippen LogP contribution in [0.4, 0.5) is 0 Å². The normalized spacial score (nSPS) is 11.0. The number of nitrogens with one attached hydrogen (secondary N) is 1. The molecule has 0 atom stereocenters. The van der Waals surface area contributed by atoms with E-state index >= 15 is 0 Å². The van der Waals surface area contributed by atoms with Crippen molar-refractivity contribution in [2.75, 3.05) is 0 Å². The molecule has 118 valence electrons. The highest BCUT2D eigenvalue weighted by atomic mass is 16.3. The molecule has 23 heavy (non-hydrogen) atoms. The van der Waals surface area contributed by atoms with E-state index in [1.165, 1.54) is 27.4 Å². The Morgan fingerprint density at radius 3 is 2.61 bits per heavy atom. The van der Waals surface area contributed by atoms with Crippen LogP contribution in [-0.2, 0) is 6.42 Å². The Balaban J connectivity index is 0.000000136. The van der Waals surface area contributed by atoms with Gasteiger partial charge in [0.05, 0.1) is 6.26 Å². The second kappa shape index (κ2) is 6.74. The van der Waals surface area contributed by atoms with Gasteiger partial charge in [0.25, 0.3) is 0 Å². The highest BCUT2D eigenvalue weighted by molar-refractivity contribution is 5.80. The fourth-order valence-corrected chi connectivity index (χ4v) is 2.67. The number of aromatic nitrogens is 1. The summed E-state index contributed by atoms with van der Waals surface area (Å²) in [7, 11) is 0. The number of aromatic amines is 1. The number of hydrogen-bond donors (Lipinski definition) is 1. The van der Waals surface area contributed by atoms with Crippen LogP contribution in [0.25, 0.3) is 21.9 Å². The van der Waals surface area contributed by atoms with Crippen molar-refractivity contribution in [3.05, 3.63) is 72.1 Å². The van der Waals surface area contributed by atoms with E-state index in [-0.39, 0.29) is 0 Å². The van der Waals surface area contributed by atoms with Crippen LogP contribution in [0.2, 0.25) is 0 Å². The van der Waals surface area contributed by atoms with Gasteiger partial charge >= 0.3 is 0 Å². The Morgan fingerprint density at radius 1 is 0.957 bits per heavy atom. The van der Waals surface area contributed by atoms with E-state index in [4.69, 9.17) is 4.42 Å². The van der Waals surface area contributed by atoms with Crippen LogP contribution in [0.15, 0.2) is 65.4 Å². The Kier molecular flexibility index (Phi) is 4.52. The first-order chi connectivity index (χ1) is 11.2. The maximum absolute atomic E-state index is 5.25. The first kappa shape index (κ1) is 15.4. The number of hydrogen-bond acceptors (Lipinski definition) is 1. The zero-order valence-corrected chi connectivity index (χ0v) is 14.0. The van der Waals surface area contributed by atoms with Crippen molar-refractivity contribution in [2.24, 2.45) is 0 Å². The van der Waals surface area contributed by atoms with Crippen molar-refractivity contribution >= 4 is 21.9 Å². The second-order valence-electron chi connectivity index (χ2n) is 6.13. The van der Waals surface area contributed by atoms with E-state index in [2.05, 4.69) is 62.2 Å². The molecule has 2 aromatic heterocycles. The van der Waals surface area contributed by atoms with Crippen molar-refractivity contribution in [3.63, 3.8) is 0 Å². The van der Waals surface area contributed by atoms with Crippen LogP contribution >= 0.6 is 0 Å². The Morgan fingerprint density at radius 2 is 1.83 bits per heavy atom. The maximum Gasteiger partial charge on any atom is 0.133 e. The molecule has 0 fully saturated rings. The van der Waals surface area contributed by atoms with Gasteiger partial charge in [-0.2, -0.15) is 0 Å². The van der Waals surface area contributed by atoms with E-state index in [9.17, 15) is 0 Å². The standard InChI is InChI=1S/C11H12O.C10H11N/c1-8(2)9-3-4-11-10(7-9)5-6-12-11;1-2-8-3-4-10-9(7-8)5-6-11-10/h3-8H,1-2H3;3-7,11H,2H2,1H3.